The largest absolute Gasteiger partial charge is 0.380 e. The SMILES string of the molecule is O=c1c(NCCc2ccccc2)c(Nc2ccnc(Nc3cnccn3)c2)c1=O. The van der Waals surface area contributed by atoms with Crippen LogP contribution in [0.1, 0.15) is 5.56 Å². The summed E-state index contributed by atoms with van der Waals surface area (Å²) in [6.45, 7) is 0.555. The van der Waals surface area contributed by atoms with Gasteiger partial charge in [0.25, 0.3) is 10.9 Å². The smallest absolute Gasteiger partial charge is 0.253 e. The Labute approximate surface area is 166 Å². The lowest BCUT2D eigenvalue weighted by Gasteiger charge is -2.15. The van der Waals surface area contributed by atoms with Crippen LogP contribution in [-0.4, -0.2) is 21.5 Å². The van der Waals surface area contributed by atoms with Crippen LogP contribution in [-0.2, 0) is 6.42 Å². The second-order valence-electron chi connectivity index (χ2n) is 6.34. The molecule has 2 heterocycles. The molecule has 3 N–H and O–H groups in total. The highest BCUT2D eigenvalue weighted by atomic mass is 16.2. The number of benzene rings is 1. The lowest BCUT2D eigenvalue weighted by atomic mass is 10.1. The maximum absolute atomic E-state index is 12.0. The molecule has 0 aliphatic rings. The molecule has 0 bridgehead atoms. The normalized spacial score (nSPS) is 10.6. The molecule has 4 aromatic rings. The molecule has 0 radical (unpaired) electrons. The van der Waals surface area contributed by atoms with Crippen LogP contribution in [0.25, 0.3) is 0 Å². The van der Waals surface area contributed by atoms with E-state index in [1.807, 2.05) is 30.3 Å². The van der Waals surface area contributed by atoms with Gasteiger partial charge in [-0.25, -0.2) is 9.97 Å². The summed E-state index contributed by atoms with van der Waals surface area (Å²) >= 11 is 0. The van der Waals surface area contributed by atoms with E-state index in [-0.39, 0.29) is 5.69 Å². The van der Waals surface area contributed by atoms with E-state index in [0.29, 0.717) is 29.6 Å². The topological polar surface area (TPSA) is 109 Å². The zero-order valence-corrected chi connectivity index (χ0v) is 15.4. The van der Waals surface area contributed by atoms with Gasteiger partial charge >= 0.3 is 0 Å². The van der Waals surface area contributed by atoms with Crippen molar-refractivity contribution in [3.8, 4) is 0 Å². The van der Waals surface area contributed by atoms with Gasteiger partial charge in [0.05, 0.1) is 6.20 Å². The first kappa shape index (κ1) is 18.3. The molecule has 0 atom stereocenters. The van der Waals surface area contributed by atoms with Gasteiger partial charge in [-0.3, -0.25) is 14.6 Å². The van der Waals surface area contributed by atoms with Crippen molar-refractivity contribution in [2.45, 2.75) is 6.42 Å². The van der Waals surface area contributed by atoms with Gasteiger partial charge in [0.15, 0.2) is 0 Å². The molecular weight excluding hydrogens is 368 g/mol. The van der Waals surface area contributed by atoms with Gasteiger partial charge in [-0.2, -0.15) is 0 Å². The molecule has 0 unspecified atom stereocenters. The summed E-state index contributed by atoms with van der Waals surface area (Å²) < 4.78 is 0. The summed E-state index contributed by atoms with van der Waals surface area (Å²) in [5.74, 6) is 1.09. The zero-order valence-electron chi connectivity index (χ0n) is 15.4. The van der Waals surface area contributed by atoms with Gasteiger partial charge < -0.3 is 16.0 Å². The van der Waals surface area contributed by atoms with Crippen molar-refractivity contribution in [3.63, 3.8) is 0 Å². The van der Waals surface area contributed by atoms with E-state index in [9.17, 15) is 9.59 Å². The fourth-order valence-electron chi connectivity index (χ4n) is 2.87. The Balaban J connectivity index is 1.43. The number of hydrogen-bond acceptors (Lipinski definition) is 8. The molecule has 2 aromatic heterocycles. The lowest BCUT2D eigenvalue weighted by Crippen LogP contribution is -2.37. The van der Waals surface area contributed by atoms with Crippen LogP contribution in [0, 0.1) is 0 Å². The summed E-state index contributed by atoms with van der Waals surface area (Å²) in [7, 11) is 0. The lowest BCUT2D eigenvalue weighted by molar-refractivity contribution is 1.01. The zero-order chi connectivity index (χ0) is 20.1. The second-order valence-corrected chi connectivity index (χ2v) is 6.34. The summed E-state index contributed by atoms with van der Waals surface area (Å²) in [5.41, 5.74) is 1.32. The minimum Gasteiger partial charge on any atom is -0.380 e. The molecule has 0 amide bonds. The van der Waals surface area contributed by atoms with Crippen molar-refractivity contribution < 1.29 is 0 Å². The highest BCUT2D eigenvalue weighted by Gasteiger charge is 2.20. The number of aromatic nitrogens is 3. The first-order valence-corrected chi connectivity index (χ1v) is 9.08. The van der Waals surface area contributed by atoms with Gasteiger partial charge in [0.1, 0.15) is 23.0 Å². The number of rotatable bonds is 8. The second kappa shape index (κ2) is 8.30. The predicted molar refractivity (Wildman–Crippen MR) is 113 cm³/mol. The third-order valence-electron chi connectivity index (χ3n) is 4.32. The summed E-state index contributed by atoms with van der Waals surface area (Å²) in [5, 5.41) is 9.11. The summed E-state index contributed by atoms with van der Waals surface area (Å²) in [4.78, 5) is 36.3. The Morgan fingerprint density at radius 2 is 1.59 bits per heavy atom. The molecule has 0 fully saturated rings. The molecule has 0 saturated heterocycles. The fraction of sp³-hybridized carbons (Fsp3) is 0.0952. The van der Waals surface area contributed by atoms with E-state index < -0.39 is 10.9 Å². The van der Waals surface area contributed by atoms with Crippen molar-refractivity contribution in [2.24, 2.45) is 0 Å². The summed E-state index contributed by atoms with van der Waals surface area (Å²) in [6.07, 6.45) is 7.07. The van der Waals surface area contributed by atoms with E-state index in [1.54, 1.807) is 36.9 Å². The molecule has 4 rings (SSSR count). The van der Waals surface area contributed by atoms with Crippen LogP contribution in [0.15, 0.2) is 76.8 Å². The minimum absolute atomic E-state index is 0.264. The van der Waals surface area contributed by atoms with Gasteiger partial charge in [-0.05, 0) is 18.1 Å². The van der Waals surface area contributed by atoms with Crippen molar-refractivity contribution in [2.75, 3.05) is 22.5 Å². The number of anilines is 5. The Hall–Kier alpha value is -4.07. The van der Waals surface area contributed by atoms with Crippen molar-refractivity contribution in [3.05, 3.63) is 93.3 Å². The van der Waals surface area contributed by atoms with Gasteiger partial charge in [0.2, 0.25) is 0 Å². The molecule has 8 nitrogen and oxygen atoms in total. The summed E-state index contributed by atoms with van der Waals surface area (Å²) in [6, 6.07) is 13.4. The average Bonchev–Trinajstić information content (AvgIpc) is 2.77. The maximum Gasteiger partial charge on any atom is 0.253 e. The van der Waals surface area contributed by atoms with Crippen LogP contribution in [0.5, 0.6) is 0 Å². The van der Waals surface area contributed by atoms with E-state index >= 15 is 0 Å². The van der Waals surface area contributed by atoms with Crippen LogP contribution in [0.3, 0.4) is 0 Å². The van der Waals surface area contributed by atoms with E-state index in [4.69, 9.17) is 0 Å². The van der Waals surface area contributed by atoms with Crippen molar-refractivity contribution in [1.29, 1.82) is 0 Å². The van der Waals surface area contributed by atoms with Crippen LogP contribution in [0.2, 0.25) is 0 Å². The average molecular weight is 386 g/mol. The molecule has 8 heteroatoms. The third-order valence-corrected chi connectivity index (χ3v) is 4.32. The van der Waals surface area contributed by atoms with Crippen molar-refractivity contribution >= 4 is 28.7 Å². The Bertz CT molecular complexity index is 1170. The van der Waals surface area contributed by atoms with Crippen LogP contribution < -0.4 is 26.8 Å². The maximum atomic E-state index is 12.0. The molecular formula is C21H18N6O2. The van der Waals surface area contributed by atoms with Crippen LogP contribution in [0.4, 0.5) is 28.7 Å². The Morgan fingerprint density at radius 3 is 2.38 bits per heavy atom. The molecule has 0 aliphatic carbocycles. The quantitative estimate of drug-likeness (QED) is 0.397. The molecule has 144 valence electrons. The number of nitrogens with one attached hydrogen (secondary N) is 3. The predicted octanol–water partition coefficient (Wildman–Crippen LogP) is 2.61. The number of hydrogen-bond donors (Lipinski definition) is 3. The highest BCUT2D eigenvalue weighted by Crippen LogP contribution is 2.23. The Morgan fingerprint density at radius 1 is 0.793 bits per heavy atom. The molecule has 0 spiro atoms. The van der Waals surface area contributed by atoms with Gasteiger partial charge in [0, 0.05) is 36.9 Å². The number of pyridine rings is 1. The van der Waals surface area contributed by atoms with Crippen LogP contribution >= 0.6 is 0 Å². The minimum atomic E-state index is -0.535. The fourth-order valence-corrected chi connectivity index (χ4v) is 2.87. The van der Waals surface area contributed by atoms with E-state index in [2.05, 4.69) is 30.9 Å². The highest BCUT2D eigenvalue weighted by molar-refractivity contribution is 5.79. The van der Waals surface area contributed by atoms with Gasteiger partial charge in [-0.15, -0.1) is 0 Å². The molecule has 2 aromatic carbocycles. The molecule has 0 saturated carbocycles. The Kier molecular flexibility index (Phi) is 5.24. The molecule has 29 heavy (non-hydrogen) atoms. The van der Waals surface area contributed by atoms with E-state index in [0.717, 1.165) is 12.0 Å². The number of nitrogens with zero attached hydrogens (tertiary/aromatic N) is 3. The van der Waals surface area contributed by atoms with Gasteiger partial charge in [-0.1, -0.05) is 30.3 Å². The third kappa shape index (κ3) is 4.27. The first-order valence-electron chi connectivity index (χ1n) is 9.08. The molecule has 0 aliphatic heterocycles. The van der Waals surface area contributed by atoms with E-state index in [1.165, 1.54) is 0 Å². The van der Waals surface area contributed by atoms with Crippen molar-refractivity contribution in [1.82, 2.24) is 15.0 Å². The monoisotopic (exact) mass is 386 g/mol. The first-order chi connectivity index (χ1) is 14.2. The standard InChI is InChI=1S/C21H18N6O2/c28-20-18(25-8-6-14-4-2-1-3-5-14)19(21(20)29)26-15-7-9-23-16(12-15)27-17-13-22-10-11-24-17/h1-5,7,9-13,25H,6,8H2,(H2,23,24,26,27).